The van der Waals surface area contributed by atoms with Gasteiger partial charge in [0.25, 0.3) is 0 Å². The molecule has 0 aliphatic carbocycles. The van der Waals surface area contributed by atoms with Gasteiger partial charge in [0.15, 0.2) is 0 Å². The summed E-state index contributed by atoms with van der Waals surface area (Å²) in [6.07, 6.45) is 4.74. The van der Waals surface area contributed by atoms with Crippen LogP contribution in [0.25, 0.3) is 0 Å². The summed E-state index contributed by atoms with van der Waals surface area (Å²) in [4.78, 5) is 11.7. The molecule has 4 nitrogen and oxygen atoms in total. The van der Waals surface area contributed by atoms with Crippen LogP contribution in [0.3, 0.4) is 0 Å². The fourth-order valence-corrected chi connectivity index (χ4v) is 2.81. The second kappa shape index (κ2) is 6.78. The highest BCUT2D eigenvalue weighted by atomic mass is 15.2. The zero-order valence-corrected chi connectivity index (χ0v) is 12.5. The summed E-state index contributed by atoms with van der Waals surface area (Å²) in [5.41, 5.74) is 3.48. The number of nitrogens with one attached hydrogen (secondary N) is 1. The van der Waals surface area contributed by atoms with Gasteiger partial charge < -0.3 is 5.32 Å². The quantitative estimate of drug-likeness (QED) is 0.931. The first-order valence-corrected chi connectivity index (χ1v) is 7.60. The van der Waals surface area contributed by atoms with Gasteiger partial charge in [-0.25, -0.2) is 0 Å². The normalized spacial score (nSPS) is 17.6. The van der Waals surface area contributed by atoms with E-state index < -0.39 is 0 Å². The minimum absolute atomic E-state index is 0.308. The topological polar surface area (TPSA) is 41.1 Å². The lowest BCUT2D eigenvalue weighted by Crippen LogP contribution is -2.45. The van der Waals surface area contributed by atoms with E-state index in [1.807, 2.05) is 18.5 Å². The van der Waals surface area contributed by atoms with Crippen LogP contribution in [0.4, 0.5) is 0 Å². The van der Waals surface area contributed by atoms with E-state index in [-0.39, 0.29) is 0 Å². The van der Waals surface area contributed by atoms with Gasteiger partial charge in [0.1, 0.15) is 0 Å². The number of piperazine rings is 1. The van der Waals surface area contributed by atoms with Crippen molar-refractivity contribution >= 4 is 0 Å². The van der Waals surface area contributed by atoms with Crippen LogP contribution in [0.15, 0.2) is 42.7 Å². The molecule has 4 heteroatoms. The Kier molecular flexibility index (Phi) is 4.58. The molecule has 0 aromatic carbocycles. The molecule has 110 valence electrons. The van der Waals surface area contributed by atoms with Crippen LogP contribution < -0.4 is 5.32 Å². The number of nitrogens with zero attached hydrogens (tertiary/aromatic N) is 3. The Morgan fingerprint density at radius 3 is 2.67 bits per heavy atom. The number of aryl methyl sites for hydroxylation is 1. The monoisotopic (exact) mass is 282 g/mol. The molecular formula is C17H22N4. The Morgan fingerprint density at radius 1 is 1.14 bits per heavy atom. The molecule has 1 unspecified atom stereocenters. The first-order chi connectivity index (χ1) is 10.3. The van der Waals surface area contributed by atoms with Crippen molar-refractivity contribution in [1.29, 1.82) is 0 Å². The highest BCUT2D eigenvalue weighted by Crippen LogP contribution is 2.23. The Bertz CT molecular complexity index is 547. The fraction of sp³-hybridized carbons (Fsp3) is 0.412. The fourth-order valence-electron chi connectivity index (χ4n) is 2.81. The first kappa shape index (κ1) is 14.2. The standard InChI is InChI=1S/C17H22N4/c1-14-5-6-16(20-13-14)17(21-10-8-18-9-11-21)12-15-4-2-3-7-19-15/h2-7,13,17-18H,8-12H2,1H3. The van der Waals surface area contributed by atoms with Crippen LogP contribution in [0.2, 0.25) is 0 Å². The number of pyridine rings is 2. The van der Waals surface area contributed by atoms with Crippen molar-refractivity contribution in [2.45, 2.75) is 19.4 Å². The molecule has 0 saturated carbocycles. The van der Waals surface area contributed by atoms with Crippen molar-refractivity contribution in [1.82, 2.24) is 20.2 Å². The van der Waals surface area contributed by atoms with Gasteiger partial charge in [0, 0.05) is 50.7 Å². The van der Waals surface area contributed by atoms with Gasteiger partial charge in [0.2, 0.25) is 0 Å². The van der Waals surface area contributed by atoms with E-state index in [0.29, 0.717) is 6.04 Å². The third-order valence-electron chi connectivity index (χ3n) is 4.00. The van der Waals surface area contributed by atoms with Crippen LogP contribution in [0.5, 0.6) is 0 Å². The third-order valence-corrected chi connectivity index (χ3v) is 4.00. The predicted molar refractivity (Wildman–Crippen MR) is 84.1 cm³/mol. The Morgan fingerprint density at radius 2 is 2.00 bits per heavy atom. The molecule has 1 aliphatic heterocycles. The zero-order valence-electron chi connectivity index (χ0n) is 12.5. The van der Waals surface area contributed by atoms with Gasteiger partial charge in [-0.05, 0) is 30.7 Å². The highest BCUT2D eigenvalue weighted by Gasteiger charge is 2.23. The maximum Gasteiger partial charge on any atom is 0.0579 e. The van der Waals surface area contributed by atoms with Crippen molar-refractivity contribution < 1.29 is 0 Å². The summed E-state index contributed by atoms with van der Waals surface area (Å²) >= 11 is 0. The summed E-state index contributed by atoms with van der Waals surface area (Å²) < 4.78 is 0. The molecule has 2 aromatic rings. The Balaban J connectivity index is 1.84. The summed E-state index contributed by atoms with van der Waals surface area (Å²) in [5, 5.41) is 3.42. The number of hydrogen-bond donors (Lipinski definition) is 1. The average molecular weight is 282 g/mol. The third kappa shape index (κ3) is 3.65. The Labute approximate surface area is 126 Å². The van der Waals surface area contributed by atoms with Gasteiger partial charge in [-0.2, -0.15) is 0 Å². The van der Waals surface area contributed by atoms with E-state index in [1.54, 1.807) is 0 Å². The Hall–Kier alpha value is -1.78. The zero-order chi connectivity index (χ0) is 14.5. The van der Waals surface area contributed by atoms with Gasteiger partial charge >= 0.3 is 0 Å². The van der Waals surface area contributed by atoms with Gasteiger partial charge in [0.05, 0.1) is 11.7 Å². The number of aromatic nitrogens is 2. The maximum absolute atomic E-state index is 4.66. The lowest BCUT2D eigenvalue weighted by Gasteiger charge is -2.34. The second-order valence-electron chi connectivity index (χ2n) is 5.59. The van der Waals surface area contributed by atoms with Crippen molar-refractivity contribution in [3.63, 3.8) is 0 Å². The molecule has 1 saturated heterocycles. The van der Waals surface area contributed by atoms with Crippen LogP contribution in [0.1, 0.15) is 23.0 Å². The van der Waals surface area contributed by atoms with Gasteiger partial charge in [-0.1, -0.05) is 12.1 Å². The molecule has 1 aliphatic rings. The maximum atomic E-state index is 4.66. The van der Waals surface area contributed by atoms with Crippen molar-refractivity contribution in [3.05, 3.63) is 59.7 Å². The van der Waals surface area contributed by atoms with E-state index in [9.17, 15) is 0 Å². The van der Waals surface area contributed by atoms with Crippen LogP contribution >= 0.6 is 0 Å². The van der Waals surface area contributed by atoms with Crippen LogP contribution in [0, 0.1) is 6.92 Å². The molecule has 21 heavy (non-hydrogen) atoms. The molecule has 3 rings (SSSR count). The van der Waals surface area contributed by atoms with E-state index in [2.05, 4.69) is 51.4 Å². The molecule has 3 heterocycles. The van der Waals surface area contributed by atoms with Crippen molar-refractivity contribution in [2.24, 2.45) is 0 Å². The minimum atomic E-state index is 0.308. The largest absolute Gasteiger partial charge is 0.314 e. The molecule has 2 aromatic heterocycles. The van der Waals surface area contributed by atoms with Crippen LogP contribution in [-0.4, -0.2) is 41.0 Å². The number of rotatable bonds is 4. The van der Waals surface area contributed by atoms with Crippen molar-refractivity contribution in [3.8, 4) is 0 Å². The molecule has 0 amide bonds. The molecule has 0 radical (unpaired) electrons. The molecule has 1 atom stereocenters. The summed E-state index contributed by atoms with van der Waals surface area (Å²) in [6.45, 7) is 6.30. The first-order valence-electron chi connectivity index (χ1n) is 7.60. The minimum Gasteiger partial charge on any atom is -0.314 e. The molecule has 0 spiro atoms. The molecule has 0 bridgehead atoms. The van der Waals surface area contributed by atoms with E-state index >= 15 is 0 Å². The summed E-state index contributed by atoms with van der Waals surface area (Å²) in [5.74, 6) is 0. The number of hydrogen-bond acceptors (Lipinski definition) is 4. The van der Waals surface area contributed by atoms with Gasteiger partial charge in [-0.3, -0.25) is 14.9 Å². The van der Waals surface area contributed by atoms with E-state index in [4.69, 9.17) is 0 Å². The molecular weight excluding hydrogens is 260 g/mol. The lowest BCUT2D eigenvalue weighted by atomic mass is 10.0. The predicted octanol–water partition coefficient (Wildman–Crippen LogP) is 1.97. The smallest absolute Gasteiger partial charge is 0.0579 e. The summed E-state index contributed by atoms with van der Waals surface area (Å²) in [7, 11) is 0. The average Bonchev–Trinajstić information content (AvgIpc) is 2.55. The lowest BCUT2D eigenvalue weighted by molar-refractivity contribution is 0.168. The van der Waals surface area contributed by atoms with Crippen LogP contribution in [-0.2, 0) is 6.42 Å². The second-order valence-corrected chi connectivity index (χ2v) is 5.59. The van der Waals surface area contributed by atoms with Gasteiger partial charge in [-0.15, -0.1) is 0 Å². The SMILES string of the molecule is Cc1ccc(C(Cc2ccccn2)N2CCNCC2)nc1. The van der Waals surface area contributed by atoms with E-state index in [1.165, 1.54) is 5.56 Å². The highest BCUT2D eigenvalue weighted by molar-refractivity contribution is 5.18. The molecule has 1 N–H and O–H groups in total. The summed E-state index contributed by atoms with van der Waals surface area (Å²) in [6, 6.07) is 10.7. The molecule has 1 fully saturated rings. The van der Waals surface area contributed by atoms with Crippen molar-refractivity contribution in [2.75, 3.05) is 26.2 Å². The van der Waals surface area contributed by atoms with E-state index in [0.717, 1.165) is 44.0 Å².